The van der Waals surface area contributed by atoms with Crippen LogP contribution in [0.25, 0.3) is 0 Å². The lowest BCUT2D eigenvalue weighted by Crippen LogP contribution is -2.55. The van der Waals surface area contributed by atoms with E-state index in [0.717, 1.165) is 38.6 Å². The first-order chi connectivity index (χ1) is 10.3. The smallest absolute Gasteiger partial charge is 0.0534 e. The van der Waals surface area contributed by atoms with Gasteiger partial charge in [-0.3, -0.25) is 14.5 Å². The fourth-order valence-corrected chi connectivity index (χ4v) is 4.01. The van der Waals surface area contributed by atoms with Crippen molar-refractivity contribution in [3.05, 3.63) is 18.0 Å². The van der Waals surface area contributed by atoms with Crippen molar-refractivity contribution in [1.82, 2.24) is 19.6 Å². The molecule has 0 aromatic carbocycles. The van der Waals surface area contributed by atoms with Gasteiger partial charge in [-0.05, 0) is 19.3 Å². The first-order valence-corrected chi connectivity index (χ1v) is 8.33. The average molecular weight is 292 g/mol. The van der Waals surface area contributed by atoms with Crippen molar-refractivity contribution >= 4 is 0 Å². The molecule has 1 unspecified atom stereocenters. The second-order valence-electron chi connectivity index (χ2n) is 6.60. The first-order valence-electron chi connectivity index (χ1n) is 8.33. The van der Waals surface area contributed by atoms with Crippen LogP contribution in [0.4, 0.5) is 0 Å². The van der Waals surface area contributed by atoms with E-state index in [4.69, 9.17) is 0 Å². The highest BCUT2D eigenvalue weighted by Crippen LogP contribution is 2.28. The minimum absolute atomic E-state index is 0.300. The van der Waals surface area contributed by atoms with Crippen molar-refractivity contribution in [3.8, 4) is 0 Å². The van der Waals surface area contributed by atoms with Gasteiger partial charge in [-0.15, -0.1) is 0 Å². The summed E-state index contributed by atoms with van der Waals surface area (Å²) >= 11 is 0. The number of hydrogen-bond donors (Lipinski definition) is 1. The maximum Gasteiger partial charge on any atom is 0.0534 e. The van der Waals surface area contributed by atoms with E-state index in [1.165, 1.54) is 31.2 Å². The maximum atomic E-state index is 9.40. The van der Waals surface area contributed by atoms with E-state index < -0.39 is 0 Å². The van der Waals surface area contributed by atoms with Crippen LogP contribution in [0.5, 0.6) is 0 Å². The Bertz CT molecular complexity index is 441. The zero-order valence-electron chi connectivity index (χ0n) is 13.1. The summed E-state index contributed by atoms with van der Waals surface area (Å²) in [6.07, 6.45) is 10.4. The third-order valence-corrected chi connectivity index (χ3v) is 5.03. The van der Waals surface area contributed by atoms with Gasteiger partial charge in [-0.25, -0.2) is 0 Å². The number of rotatable bonds is 5. The predicted octanol–water partition coefficient (Wildman–Crippen LogP) is 1.23. The van der Waals surface area contributed by atoms with Crippen LogP contribution in [-0.2, 0) is 13.6 Å². The number of nitrogens with zero attached hydrogens (tertiary/aromatic N) is 4. The minimum Gasteiger partial charge on any atom is -0.396 e. The van der Waals surface area contributed by atoms with Gasteiger partial charge in [0.1, 0.15) is 0 Å². The molecule has 5 heteroatoms. The number of hydrogen-bond acceptors (Lipinski definition) is 4. The molecule has 2 fully saturated rings. The highest BCUT2D eigenvalue weighted by atomic mass is 16.3. The molecule has 2 heterocycles. The molecule has 0 bridgehead atoms. The van der Waals surface area contributed by atoms with Crippen molar-refractivity contribution < 1.29 is 5.11 Å². The molecule has 118 valence electrons. The van der Waals surface area contributed by atoms with Crippen LogP contribution in [0.1, 0.15) is 37.7 Å². The summed E-state index contributed by atoms with van der Waals surface area (Å²) in [6.45, 7) is 4.64. The quantitative estimate of drug-likeness (QED) is 0.886. The van der Waals surface area contributed by atoms with Gasteiger partial charge < -0.3 is 5.11 Å². The fourth-order valence-electron chi connectivity index (χ4n) is 4.01. The molecule has 3 rings (SSSR count). The third kappa shape index (κ3) is 3.65. The normalized spacial score (nSPS) is 25.7. The summed E-state index contributed by atoms with van der Waals surface area (Å²) in [4.78, 5) is 5.20. The van der Waals surface area contributed by atoms with Crippen LogP contribution in [-0.4, -0.2) is 63.0 Å². The summed E-state index contributed by atoms with van der Waals surface area (Å²) in [5.74, 6) is 0. The van der Waals surface area contributed by atoms with Crippen LogP contribution < -0.4 is 0 Å². The summed E-state index contributed by atoms with van der Waals surface area (Å²) in [6, 6.07) is 1.28. The van der Waals surface area contributed by atoms with Crippen LogP contribution in [0, 0.1) is 0 Å². The van der Waals surface area contributed by atoms with Crippen LogP contribution in [0.3, 0.4) is 0 Å². The maximum absolute atomic E-state index is 9.40. The van der Waals surface area contributed by atoms with Gasteiger partial charge in [0.15, 0.2) is 0 Å². The van der Waals surface area contributed by atoms with Gasteiger partial charge in [0.25, 0.3) is 0 Å². The monoisotopic (exact) mass is 292 g/mol. The fraction of sp³-hybridized carbons (Fsp3) is 0.812. The molecule has 1 atom stereocenters. The Kier molecular flexibility index (Phi) is 4.93. The molecule has 1 aromatic rings. The van der Waals surface area contributed by atoms with Gasteiger partial charge >= 0.3 is 0 Å². The third-order valence-electron chi connectivity index (χ3n) is 5.03. The Morgan fingerprint density at radius 3 is 2.76 bits per heavy atom. The highest BCUT2D eigenvalue weighted by molar-refractivity contribution is 5.04. The van der Waals surface area contributed by atoms with Gasteiger partial charge in [0.2, 0.25) is 0 Å². The molecule has 5 nitrogen and oxygen atoms in total. The van der Waals surface area contributed by atoms with E-state index in [1.807, 2.05) is 17.9 Å². The topological polar surface area (TPSA) is 44.5 Å². The SMILES string of the molecule is Cn1cc(CN2CCN(C3CCCC3)C(CCO)C2)cn1. The van der Waals surface area contributed by atoms with Crippen molar-refractivity contribution in [2.24, 2.45) is 7.05 Å². The second kappa shape index (κ2) is 6.90. The summed E-state index contributed by atoms with van der Waals surface area (Å²) < 4.78 is 1.87. The lowest BCUT2D eigenvalue weighted by Gasteiger charge is -2.44. The molecule has 1 saturated heterocycles. The minimum atomic E-state index is 0.300. The lowest BCUT2D eigenvalue weighted by molar-refractivity contribution is 0.0267. The Labute approximate surface area is 127 Å². The van der Waals surface area contributed by atoms with Crippen LogP contribution in [0.15, 0.2) is 12.4 Å². The predicted molar refractivity (Wildman–Crippen MR) is 82.9 cm³/mol. The molecule has 0 spiro atoms. The molecule has 1 aliphatic carbocycles. The van der Waals surface area contributed by atoms with Gasteiger partial charge in [0.05, 0.1) is 6.20 Å². The zero-order valence-corrected chi connectivity index (χ0v) is 13.1. The van der Waals surface area contributed by atoms with E-state index in [9.17, 15) is 5.11 Å². The molecule has 21 heavy (non-hydrogen) atoms. The zero-order chi connectivity index (χ0) is 14.7. The van der Waals surface area contributed by atoms with Gasteiger partial charge in [-0.2, -0.15) is 5.10 Å². The second-order valence-corrected chi connectivity index (χ2v) is 6.60. The number of aliphatic hydroxyl groups excluding tert-OH is 1. The largest absolute Gasteiger partial charge is 0.396 e. The highest BCUT2D eigenvalue weighted by Gasteiger charge is 2.32. The summed E-state index contributed by atoms with van der Waals surface area (Å²) in [5.41, 5.74) is 1.29. The standard InChI is InChI=1S/C16H28N4O/c1-18-11-14(10-17-18)12-19-7-8-20(15-4-2-3-5-15)16(13-19)6-9-21/h10-11,15-16,21H,2-9,12-13H2,1H3. The lowest BCUT2D eigenvalue weighted by atomic mass is 10.0. The van der Waals surface area contributed by atoms with E-state index in [2.05, 4.69) is 21.1 Å². The molecular formula is C16H28N4O. The van der Waals surface area contributed by atoms with E-state index in [-0.39, 0.29) is 0 Å². The molecular weight excluding hydrogens is 264 g/mol. The molecule has 1 aliphatic heterocycles. The van der Waals surface area contributed by atoms with E-state index >= 15 is 0 Å². The van der Waals surface area contributed by atoms with Crippen LogP contribution in [0.2, 0.25) is 0 Å². The molecule has 1 aromatic heterocycles. The molecule has 1 N–H and O–H groups in total. The Hall–Kier alpha value is -0.910. The Morgan fingerprint density at radius 2 is 2.10 bits per heavy atom. The van der Waals surface area contributed by atoms with Gasteiger partial charge in [-0.1, -0.05) is 12.8 Å². The molecule has 0 amide bonds. The van der Waals surface area contributed by atoms with Crippen molar-refractivity contribution in [2.75, 3.05) is 26.2 Å². The van der Waals surface area contributed by atoms with Gasteiger partial charge in [0, 0.05) is 63.7 Å². The molecule has 0 radical (unpaired) electrons. The summed E-state index contributed by atoms with van der Waals surface area (Å²) in [5, 5.41) is 13.7. The number of aromatic nitrogens is 2. The molecule has 2 aliphatic rings. The Balaban J connectivity index is 1.60. The van der Waals surface area contributed by atoms with Crippen molar-refractivity contribution in [1.29, 1.82) is 0 Å². The van der Waals surface area contributed by atoms with Crippen LogP contribution >= 0.6 is 0 Å². The van der Waals surface area contributed by atoms with E-state index in [1.54, 1.807) is 0 Å². The Morgan fingerprint density at radius 1 is 1.29 bits per heavy atom. The number of aryl methyl sites for hydroxylation is 1. The average Bonchev–Trinajstić information content (AvgIpc) is 3.12. The van der Waals surface area contributed by atoms with E-state index in [0.29, 0.717) is 12.6 Å². The number of piperazine rings is 1. The first kappa shape index (κ1) is 15.0. The summed E-state index contributed by atoms with van der Waals surface area (Å²) in [7, 11) is 1.97. The van der Waals surface area contributed by atoms with Crippen molar-refractivity contribution in [3.63, 3.8) is 0 Å². The van der Waals surface area contributed by atoms with Crippen molar-refractivity contribution in [2.45, 2.75) is 50.7 Å². The number of aliphatic hydroxyl groups is 1. The molecule has 1 saturated carbocycles.